The average Bonchev–Trinajstić information content (AvgIpc) is 3.54. The normalized spacial score (nSPS) is 13.7. The SMILES string of the molecule is O=C(O)c1ccc(N2CCN(Cc3ccccc3-c3ccc(Cl)cc3)CC2)cc1Oc1ccc(-n2ccnc2)cc1. The zero-order valence-electron chi connectivity index (χ0n) is 22.4. The number of rotatable bonds is 8. The molecule has 7 nitrogen and oxygen atoms in total. The summed E-state index contributed by atoms with van der Waals surface area (Å²) >= 11 is 6.10. The van der Waals surface area contributed by atoms with Gasteiger partial charge in [0.2, 0.25) is 0 Å². The highest BCUT2D eigenvalue weighted by Crippen LogP contribution is 2.32. The van der Waals surface area contributed by atoms with Gasteiger partial charge >= 0.3 is 5.97 Å². The molecule has 1 aliphatic rings. The smallest absolute Gasteiger partial charge is 0.339 e. The number of aromatic nitrogens is 2. The van der Waals surface area contributed by atoms with Crippen LogP contribution in [0, 0.1) is 0 Å². The summed E-state index contributed by atoms with van der Waals surface area (Å²) in [6.45, 7) is 4.29. The standard InChI is InChI=1S/C33H29ClN4O3/c34-26-7-5-24(6-8-26)30-4-2-1-3-25(30)22-36-17-19-37(20-18-36)28-11-14-31(33(39)40)32(21-28)41-29-12-9-27(10-13-29)38-16-15-35-23-38/h1-16,21,23H,17-20,22H2,(H,39,40). The number of anilines is 1. The fraction of sp³-hybridized carbons (Fsp3) is 0.152. The van der Waals surface area contributed by atoms with Crippen LogP contribution < -0.4 is 9.64 Å². The molecule has 41 heavy (non-hydrogen) atoms. The first-order valence-electron chi connectivity index (χ1n) is 13.5. The Labute approximate surface area is 243 Å². The molecule has 0 bridgehead atoms. The van der Waals surface area contributed by atoms with Gasteiger partial charge in [0.25, 0.3) is 0 Å². The van der Waals surface area contributed by atoms with Crippen LogP contribution in [-0.2, 0) is 6.54 Å². The lowest BCUT2D eigenvalue weighted by Gasteiger charge is -2.36. The molecule has 6 rings (SSSR count). The van der Waals surface area contributed by atoms with Crippen LogP contribution >= 0.6 is 11.6 Å². The Morgan fingerprint density at radius 2 is 1.61 bits per heavy atom. The molecule has 2 heterocycles. The Kier molecular flexibility index (Phi) is 7.71. The second kappa shape index (κ2) is 11.9. The first kappa shape index (κ1) is 26.6. The Hall–Kier alpha value is -4.59. The number of aromatic carboxylic acids is 1. The maximum Gasteiger partial charge on any atom is 0.339 e. The predicted molar refractivity (Wildman–Crippen MR) is 161 cm³/mol. The number of nitrogens with zero attached hydrogens (tertiary/aromatic N) is 4. The van der Waals surface area contributed by atoms with E-state index in [1.54, 1.807) is 18.6 Å². The average molecular weight is 565 g/mol. The summed E-state index contributed by atoms with van der Waals surface area (Å²) < 4.78 is 7.98. The third kappa shape index (κ3) is 6.11. The van der Waals surface area contributed by atoms with Gasteiger partial charge in [-0.3, -0.25) is 4.90 Å². The zero-order valence-corrected chi connectivity index (χ0v) is 23.1. The van der Waals surface area contributed by atoms with E-state index in [0.717, 1.165) is 54.7 Å². The van der Waals surface area contributed by atoms with Crippen LogP contribution in [0.5, 0.6) is 11.5 Å². The number of carboxylic acids is 1. The quantitative estimate of drug-likeness (QED) is 0.219. The van der Waals surface area contributed by atoms with E-state index in [-0.39, 0.29) is 5.56 Å². The second-order valence-corrected chi connectivity index (χ2v) is 10.4. The molecular formula is C33H29ClN4O3. The largest absolute Gasteiger partial charge is 0.478 e. The highest BCUT2D eigenvalue weighted by Gasteiger charge is 2.21. The number of carboxylic acid groups (broad SMARTS) is 1. The van der Waals surface area contributed by atoms with Gasteiger partial charge in [0.05, 0.1) is 6.33 Å². The van der Waals surface area contributed by atoms with Crippen LogP contribution in [0.3, 0.4) is 0 Å². The van der Waals surface area contributed by atoms with Crippen molar-refractivity contribution >= 4 is 23.3 Å². The number of carbonyl (C=O) groups is 1. The molecular weight excluding hydrogens is 536 g/mol. The first-order chi connectivity index (χ1) is 20.0. The van der Waals surface area contributed by atoms with Crippen molar-refractivity contribution < 1.29 is 14.6 Å². The highest BCUT2D eigenvalue weighted by atomic mass is 35.5. The molecule has 0 spiro atoms. The van der Waals surface area contributed by atoms with Crippen LogP contribution in [0.15, 0.2) is 110 Å². The van der Waals surface area contributed by atoms with Gasteiger partial charge in [-0.25, -0.2) is 9.78 Å². The Morgan fingerprint density at radius 3 is 2.32 bits per heavy atom. The van der Waals surface area contributed by atoms with Gasteiger partial charge in [0.1, 0.15) is 17.1 Å². The molecule has 0 saturated carbocycles. The number of benzene rings is 4. The summed E-state index contributed by atoms with van der Waals surface area (Å²) in [5.41, 5.74) is 5.67. The van der Waals surface area contributed by atoms with E-state index in [2.05, 4.69) is 51.2 Å². The molecule has 0 radical (unpaired) electrons. The first-order valence-corrected chi connectivity index (χ1v) is 13.9. The minimum absolute atomic E-state index is 0.130. The molecule has 1 fully saturated rings. The van der Waals surface area contributed by atoms with Gasteiger partial charge in [0.15, 0.2) is 0 Å². The van der Waals surface area contributed by atoms with Crippen LogP contribution in [0.1, 0.15) is 15.9 Å². The summed E-state index contributed by atoms with van der Waals surface area (Å²) in [6.07, 6.45) is 5.30. The summed E-state index contributed by atoms with van der Waals surface area (Å²) in [7, 11) is 0. The zero-order chi connectivity index (χ0) is 28.2. The van der Waals surface area contributed by atoms with E-state index >= 15 is 0 Å². The van der Waals surface area contributed by atoms with Gasteiger partial charge in [-0.1, -0.05) is 48.0 Å². The predicted octanol–water partition coefficient (Wildman–Crippen LogP) is 7.01. The van der Waals surface area contributed by atoms with Crippen molar-refractivity contribution in [3.8, 4) is 28.3 Å². The lowest BCUT2D eigenvalue weighted by Crippen LogP contribution is -2.46. The molecule has 8 heteroatoms. The molecule has 0 atom stereocenters. The van der Waals surface area contributed by atoms with E-state index in [1.807, 2.05) is 59.3 Å². The van der Waals surface area contributed by atoms with E-state index in [1.165, 1.54) is 11.1 Å². The highest BCUT2D eigenvalue weighted by molar-refractivity contribution is 6.30. The Morgan fingerprint density at radius 1 is 0.878 bits per heavy atom. The number of hydrogen-bond donors (Lipinski definition) is 1. The molecule has 1 aliphatic heterocycles. The van der Waals surface area contributed by atoms with Gasteiger partial charge < -0.3 is 19.3 Å². The van der Waals surface area contributed by atoms with E-state index in [0.29, 0.717) is 11.5 Å². The van der Waals surface area contributed by atoms with Crippen molar-refractivity contribution in [1.29, 1.82) is 0 Å². The number of hydrogen-bond acceptors (Lipinski definition) is 5. The molecule has 4 aromatic carbocycles. The van der Waals surface area contributed by atoms with Crippen molar-refractivity contribution in [2.24, 2.45) is 0 Å². The molecule has 5 aromatic rings. The fourth-order valence-electron chi connectivity index (χ4n) is 5.17. The van der Waals surface area contributed by atoms with Crippen molar-refractivity contribution in [3.05, 3.63) is 126 Å². The molecule has 0 aliphatic carbocycles. The third-order valence-corrected chi connectivity index (χ3v) is 7.62. The second-order valence-electron chi connectivity index (χ2n) is 9.98. The van der Waals surface area contributed by atoms with E-state index in [9.17, 15) is 9.90 Å². The van der Waals surface area contributed by atoms with Crippen LogP contribution in [0.4, 0.5) is 5.69 Å². The monoisotopic (exact) mass is 564 g/mol. The number of piperazine rings is 1. The van der Waals surface area contributed by atoms with Gasteiger partial charge in [-0.15, -0.1) is 0 Å². The number of imidazole rings is 1. The Balaban J connectivity index is 1.14. The van der Waals surface area contributed by atoms with E-state index < -0.39 is 5.97 Å². The molecule has 1 N–H and O–H groups in total. The van der Waals surface area contributed by atoms with Crippen molar-refractivity contribution in [1.82, 2.24) is 14.5 Å². The summed E-state index contributed by atoms with van der Waals surface area (Å²) in [5, 5.41) is 10.5. The molecule has 1 saturated heterocycles. The van der Waals surface area contributed by atoms with Crippen LogP contribution in [-0.4, -0.2) is 51.7 Å². The lowest BCUT2D eigenvalue weighted by atomic mass is 9.99. The van der Waals surface area contributed by atoms with Crippen LogP contribution in [0.25, 0.3) is 16.8 Å². The summed E-state index contributed by atoms with van der Waals surface area (Å²) in [4.78, 5) is 20.8. The minimum atomic E-state index is -1.02. The van der Waals surface area contributed by atoms with Gasteiger partial charge in [0, 0.05) is 67.6 Å². The van der Waals surface area contributed by atoms with Crippen molar-refractivity contribution in [2.45, 2.75) is 6.54 Å². The third-order valence-electron chi connectivity index (χ3n) is 7.37. The molecule has 206 valence electrons. The topological polar surface area (TPSA) is 70.8 Å². The van der Waals surface area contributed by atoms with Crippen LogP contribution in [0.2, 0.25) is 5.02 Å². The van der Waals surface area contributed by atoms with E-state index in [4.69, 9.17) is 16.3 Å². The molecule has 1 aromatic heterocycles. The van der Waals surface area contributed by atoms with Crippen molar-refractivity contribution in [3.63, 3.8) is 0 Å². The van der Waals surface area contributed by atoms with Gasteiger partial charge in [-0.05, 0) is 65.2 Å². The summed E-state index contributed by atoms with van der Waals surface area (Å²) in [5.74, 6) is -0.131. The van der Waals surface area contributed by atoms with Crippen molar-refractivity contribution in [2.75, 3.05) is 31.1 Å². The summed E-state index contributed by atoms with van der Waals surface area (Å²) in [6, 6.07) is 29.3. The maximum absolute atomic E-state index is 12.0. The van der Waals surface area contributed by atoms with Gasteiger partial charge in [-0.2, -0.15) is 0 Å². The Bertz CT molecular complexity index is 1630. The maximum atomic E-state index is 12.0. The number of ether oxygens (including phenoxy) is 1. The fourth-order valence-corrected chi connectivity index (χ4v) is 5.29. The molecule has 0 amide bonds. The lowest BCUT2D eigenvalue weighted by molar-refractivity contribution is 0.0694. The molecule has 0 unspecified atom stereocenters. The minimum Gasteiger partial charge on any atom is -0.478 e. The number of halogens is 1.